The largest absolute Gasteiger partial charge is 0.456 e. The van der Waals surface area contributed by atoms with Gasteiger partial charge in [-0.15, -0.1) is 0 Å². The number of methoxy groups -OCH3 is 2. The first kappa shape index (κ1) is 33.8. The van der Waals surface area contributed by atoms with Gasteiger partial charge < -0.3 is 53.6 Å². The zero-order valence-electron chi connectivity index (χ0n) is 27.5. The molecule has 256 valence electrons. The summed E-state index contributed by atoms with van der Waals surface area (Å²) in [4.78, 5) is 41.3. The van der Waals surface area contributed by atoms with Crippen molar-refractivity contribution in [1.82, 2.24) is 0 Å². The molecule has 3 saturated heterocycles. The molecule has 46 heavy (non-hydrogen) atoms. The van der Waals surface area contributed by atoms with Gasteiger partial charge in [-0.2, -0.15) is 0 Å². The Morgan fingerprint density at radius 2 is 1.76 bits per heavy atom. The number of aliphatic hydroxyl groups excluding tert-OH is 3. The number of hydrogen-bond acceptors (Lipinski definition) is 13. The van der Waals surface area contributed by atoms with Crippen LogP contribution in [0.2, 0.25) is 0 Å². The maximum atomic E-state index is 14.1. The molecular formula is C33H46O13. The highest BCUT2D eigenvalue weighted by Gasteiger charge is 2.88. The molecule has 1 spiro atoms. The standard InChI is InChI=1S/C33H46O13/c1-9-15(2)24(38)44-23-19-20-28(3,14-43-19)11-10-17(35)30(20,5)21-25(39)46-33(31(21,23)6)18(36)12-16(29(33,4)13-34)32(40)22(37)26(41-7)45-27(32)42-8/h9-11,13,16,18-23,25-27,36-37,39-40H,12,14H2,1-8H3/b15-9+/t16-,18+,19-,20+,21+,22?,23-,25?,26?,27?,28+,29+,30+,31+,32?,33-/m1/s1. The quantitative estimate of drug-likeness (QED) is 0.176. The van der Waals surface area contributed by atoms with Crippen LogP contribution in [-0.4, -0.2) is 114 Å². The molecule has 16 atom stereocenters. The van der Waals surface area contributed by atoms with E-state index >= 15 is 0 Å². The number of ketones is 1. The summed E-state index contributed by atoms with van der Waals surface area (Å²) in [5.41, 5.74) is -9.76. The second-order valence-electron chi connectivity index (χ2n) is 14.9. The molecule has 5 unspecified atom stereocenters. The fourth-order valence-electron chi connectivity index (χ4n) is 11.0. The lowest BCUT2D eigenvalue weighted by atomic mass is 9.39. The third-order valence-electron chi connectivity index (χ3n) is 13.0. The number of ether oxygens (including phenoxy) is 6. The SMILES string of the molecule is C/C=C(\C)C(=O)O[C@@H]1[C@@H]2OC[C@]3(C)C=CC(=O)[C@@](C)([C@@H]23)[C@@H]2C(O)O[C@@]3([C@@H](O)C[C@@H](C4(O)C(OC)OC(OC)C4O)[C@]3(C)C=O)[C@]12C. The van der Waals surface area contributed by atoms with Crippen molar-refractivity contribution in [2.75, 3.05) is 20.8 Å². The van der Waals surface area contributed by atoms with Crippen LogP contribution in [0.25, 0.3) is 0 Å². The molecule has 0 bridgehead atoms. The molecule has 0 aromatic heterocycles. The number of fused-ring (bicyclic) bond motifs is 3. The molecular weight excluding hydrogens is 604 g/mol. The van der Waals surface area contributed by atoms with Crippen molar-refractivity contribution in [3.63, 3.8) is 0 Å². The molecule has 3 aliphatic heterocycles. The average molecular weight is 651 g/mol. The van der Waals surface area contributed by atoms with Gasteiger partial charge in [-0.1, -0.05) is 32.9 Å². The van der Waals surface area contributed by atoms with E-state index < -0.39 is 99.9 Å². The molecule has 13 heteroatoms. The predicted octanol–water partition coefficient (Wildman–Crippen LogP) is 0.408. The smallest absolute Gasteiger partial charge is 0.333 e. The summed E-state index contributed by atoms with van der Waals surface area (Å²) < 4.78 is 35.6. The molecule has 0 amide bonds. The van der Waals surface area contributed by atoms with Gasteiger partial charge in [0.05, 0.1) is 24.2 Å². The van der Waals surface area contributed by atoms with Crippen LogP contribution in [-0.2, 0) is 42.8 Å². The van der Waals surface area contributed by atoms with Crippen LogP contribution in [0, 0.1) is 39.4 Å². The van der Waals surface area contributed by atoms with Crippen molar-refractivity contribution in [3.8, 4) is 0 Å². The van der Waals surface area contributed by atoms with E-state index in [1.807, 2.05) is 6.92 Å². The molecule has 5 fully saturated rings. The molecule has 0 aromatic rings. The first-order valence-corrected chi connectivity index (χ1v) is 15.8. The highest BCUT2D eigenvalue weighted by atomic mass is 16.8. The van der Waals surface area contributed by atoms with E-state index in [9.17, 15) is 34.8 Å². The van der Waals surface area contributed by atoms with Gasteiger partial charge >= 0.3 is 5.97 Å². The first-order valence-electron chi connectivity index (χ1n) is 15.8. The van der Waals surface area contributed by atoms with Crippen molar-refractivity contribution < 1.29 is 63.2 Å². The molecule has 0 radical (unpaired) electrons. The Kier molecular flexibility index (Phi) is 7.69. The van der Waals surface area contributed by atoms with Crippen LogP contribution in [0.15, 0.2) is 23.8 Å². The third kappa shape index (κ3) is 3.59. The number of esters is 1. The van der Waals surface area contributed by atoms with Gasteiger partial charge in [0.1, 0.15) is 24.1 Å². The molecule has 13 nitrogen and oxygen atoms in total. The second-order valence-corrected chi connectivity index (χ2v) is 14.9. The van der Waals surface area contributed by atoms with Gasteiger partial charge in [-0.05, 0) is 33.3 Å². The normalized spacial score (nSPS) is 55.9. The molecule has 3 aliphatic carbocycles. The zero-order chi connectivity index (χ0) is 34.0. The maximum absolute atomic E-state index is 14.1. The van der Waals surface area contributed by atoms with E-state index in [-0.39, 0.29) is 18.8 Å². The molecule has 3 heterocycles. The van der Waals surface area contributed by atoms with Gasteiger partial charge in [0.25, 0.3) is 0 Å². The Labute approximate surface area is 267 Å². The molecule has 4 N–H and O–H groups in total. The van der Waals surface area contributed by atoms with Crippen LogP contribution < -0.4 is 0 Å². The topological polar surface area (TPSA) is 188 Å². The van der Waals surface area contributed by atoms with Crippen LogP contribution in [0.4, 0.5) is 0 Å². The molecule has 0 aromatic carbocycles. The highest BCUT2D eigenvalue weighted by molar-refractivity contribution is 5.97. The van der Waals surface area contributed by atoms with Crippen LogP contribution in [0.5, 0.6) is 0 Å². The minimum absolute atomic E-state index is 0.193. The summed E-state index contributed by atoms with van der Waals surface area (Å²) in [6.45, 7) is 10.2. The first-order chi connectivity index (χ1) is 21.4. The lowest BCUT2D eigenvalue weighted by Crippen LogP contribution is -2.75. The third-order valence-corrected chi connectivity index (χ3v) is 13.0. The van der Waals surface area contributed by atoms with E-state index in [1.165, 1.54) is 27.2 Å². The number of allylic oxidation sites excluding steroid dienone is 2. The fraction of sp³-hybridized carbons (Fsp3) is 0.788. The van der Waals surface area contributed by atoms with E-state index in [1.54, 1.807) is 39.8 Å². The van der Waals surface area contributed by atoms with Crippen molar-refractivity contribution in [1.29, 1.82) is 0 Å². The number of hydrogen-bond donors (Lipinski definition) is 4. The number of aliphatic hydroxyl groups is 4. The second kappa shape index (κ2) is 10.5. The highest BCUT2D eigenvalue weighted by Crippen LogP contribution is 2.77. The lowest BCUT2D eigenvalue weighted by molar-refractivity contribution is -0.269. The summed E-state index contributed by atoms with van der Waals surface area (Å²) in [5.74, 6) is -3.99. The summed E-state index contributed by atoms with van der Waals surface area (Å²) in [6.07, 6.45) is -4.97. The summed E-state index contributed by atoms with van der Waals surface area (Å²) in [6, 6.07) is 0. The van der Waals surface area contributed by atoms with E-state index in [0.29, 0.717) is 11.9 Å². The van der Waals surface area contributed by atoms with Gasteiger partial charge in [0.15, 0.2) is 30.3 Å². The van der Waals surface area contributed by atoms with E-state index in [0.717, 1.165) is 0 Å². The van der Waals surface area contributed by atoms with Crippen molar-refractivity contribution in [2.45, 2.75) is 102 Å². The Hall–Kier alpha value is -2.07. The van der Waals surface area contributed by atoms with Crippen LogP contribution >= 0.6 is 0 Å². The molecule has 6 aliphatic rings. The Bertz CT molecular complexity index is 1380. The number of aldehydes is 1. The van der Waals surface area contributed by atoms with Gasteiger partial charge in [-0.3, -0.25) is 4.79 Å². The zero-order valence-corrected chi connectivity index (χ0v) is 27.5. The van der Waals surface area contributed by atoms with Gasteiger partial charge in [-0.25, -0.2) is 4.79 Å². The van der Waals surface area contributed by atoms with Gasteiger partial charge in [0, 0.05) is 53.8 Å². The van der Waals surface area contributed by atoms with Crippen molar-refractivity contribution in [3.05, 3.63) is 23.8 Å². The minimum atomic E-state index is -2.32. The summed E-state index contributed by atoms with van der Waals surface area (Å²) in [5, 5.41) is 47.9. The Morgan fingerprint density at radius 1 is 1.09 bits per heavy atom. The van der Waals surface area contributed by atoms with E-state index in [4.69, 9.17) is 28.4 Å². The van der Waals surface area contributed by atoms with E-state index in [2.05, 4.69) is 0 Å². The molecule has 2 saturated carbocycles. The maximum Gasteiger partial charge on any atom is 0.333 e. The summed E-state index contributed by atoms with van der Waals surface area (Å²) in [7, 11) is 2.53. The fourth-order valence-corrected chi connectivity index (χ4v) is 11.0. The Morgan fingerprint density at radius 3 is 2.35 bits per heavy atom. The molecule has 6 rings (SSSR count). The number of carbonyl (C=O) groups excluding carboxylic acids is 3. The lowest BCUT2D eigenvalue weighted by Gasteiger charge is -2.63. The minimum Gasteiger partial charge on any atom is -0.456 e. The van der Waals surface area contributed by atoms with Gasteiger partial charge in [0.2, 0.25) is 0 Å². The van der Waals surface area contributed by atoms with Crippen LogP contribution in [0.3, 0.4) is 0 Å². The monoisotopic (exact) mass is 650 g/mol. The predicted molar refractivity (Wildman–Crippen MR) is 156 cm³/mol. The average Bonchev–Trinajstić information content (AvgIpc) is 3.67. The number of carbonyl (C=O) groups is 3. The Balaban J connectivity index is 1.61. The number of rotatable bonds is 6. The summed E-state index contributed by atoms with van der Waals surface area (Å²) >= 11 is 0. The van der Waals surface area contributed by atoms with Crippen molar-refractivity contribution in [2.24, 2.45) is 39.4 Å². The van der Waals surface area contributed by atoms with Crippen molar-refractivity contribution >= 4 is 18.0 Å². The van der Waals surface area contributed by atoms with Crippen LogP contribution in [0.1, 0.15) is 48.0 Å².